The number of fused-ring (bicyclic) bond motifs is 2. The van der Waals surface area contributed by atoms with Crippen molar-refractivity contribution in [3.8, 4) is 0 Å². The van der Waals surface area contributed by atoms with Gasteiger partial charge in [-0.3, -0.25) is 19.3 Å². The largest absolute Gasteiger partial charge is 0.324 e. The number of hydrogen-bond donors (Lipinski definition) is 1. The van der Waals surface area contributed by atoms with E-state index in [4.69, 9.17) is 0 Å². The molecule has 33 heavy (non-hydrogen) atoms. The summed E-state index contributed by atoms with van der Waals surface area (Å²) in [6, 6.07) is 16.4. The van der Waals surface area contributed by atoms with Crippen molar-refractivity contribution in [3.05, 3.63) is 65.7 Å². The molecule has 2 aliphatic rings. The predicted octanol–water partition coefficient (Wildman–Crippen LogP) is 5.17. The number of amides is 3. The fourth-order valence-electron chi connectivity index (χ4n) is 5.61. The van der Waals surface area contributed by atoms with Gasteiger partial charge in [-0.05, 0) is 41.4 Å². The number of hydrogen-bond acceptors (Lipinski definition) is 3. The van der Waals surface area contributed by atoms with E-state index in [-0.39, 0.29) is 36.0 Å². The molecule has 0 radical (unpaired) electrons. The second-order valence-corrected chi connectivity index (χ2v) is 10.6. The van der Waals surface area contributed by atoms with Gasteiger partial charge in [0.05, 0.1) is 5.41 Å². The van der Waals surface area contributed by atoms with Crippen molar-refractivity contribution in [1.82, 2.24) is 4.90 Å². The zero-order valence-electron chi connectivity index (χ0n) is 20.2. The van der Waals surface area contributed by atoms with E-state index in [9.17, 15) is 14.4 Å². The van der Waals surface area contributed by atoms with Gasteiger partial charge in [-0.15, -0.1) is 0 Å². The van der Waals surface area contributed by atoms with Crippen molar-refractivity contribution in [2.24, 2.45) is 16.7 Å². The Hall–Kier alpha value is -2.95. The molecule has 5 nitrogen and oxygen atoms in total. The second-order valence-electron chi connectivity index (χ2n) is 10.6. The highest BCUT2D eigenvalue weighted by Crippen LogP contribution is 2.60. The van der Waals surface area contributed by atoms with Crippen LogP contribution in [0.1, 0.15) is 64.5 Å². The molecule has 4 rings (SSSR count). The normalized spacial score (nSPS) is 24.8. The zero-order chi connectivity index (χ0) is 24.0. The number of likely N-dealkylation sites (tertiary alicyclic amines) is 1. The molecule has 174 valence electrons. The second kappa shape index (κ2) is 8.44. The number of benzene rings is 2. The maximum absolute atomic E-state index is 13.8. The molecule has 2 fully saturated rings. The lowest BCUT2D eigenvalue weighted by Crippen LogP contribution is -2.64. The smallest absolute Gasteiger partial charge is 0.248 e. The van der Waals surface area contributed by atoms with Gasteiger partial charge in [-0.25, -0.2) is 0 Å². The van der Waals surface area contributed by atoms with Crippen LogP contribution in [0.3, 0.4) is 0 Å². The van der Waals surface area contributed by atoms with Crippen LogP contribution in [-0.2, 0) is 20.8 Å². The Morgan fingerprint density at radius 3 is 2.33 bits per heavy atom. The lowest BCUT2D eigenvalue weighted by atomic mass is 9.62. The minimum absolute atomic E-state index is 0.215. The molecule has 5 heteroatoms. The highest BCUT2D eigenvalue weighted by atomic mass is 16.2. The van der Waals surface area contributed by atoms with Gasteiger partial charge in [0, 0.05) is 18.0 Å². The molecule has 3 atom stereocenters. The predicted molar refractivity (Wildman–Crippen MR) is 130 cm³/mol. The number of carbonyl (C=O) groups excluding carboxylic acids is 3. The first-order valence-corrected chi connectivity index (χ1v) is 11.9. The third-order valence-electron chi connectivity index (χ3n) is 8.18. The Morgan fingerprint density at radius 2 is 1.67 bits per heavy atom. The molecule has 1 saturated carbocycles. The van der Waals surface area contributed by atoms with Crippen LogP contribution in [0.15, 0.2) is 54.6 Å². The number of rotatable bonds is 6. The van der Waals surface area contributed by atoms with Crippen molar-refractivity contribution in [3.63, 3.8) is 0 Å². The van der Waals surface area contributed by atoms with Crippen molar-refractivity contribution < 1.29 is 14.4 Å². The van der Waals surface area contributed by atoms with Crippen molar-refractivity contribution in [1.29, 1.82) is 0 Å². The SMILES string of the molecule is CC(C)c1ccccc1NC(=O)C(Cc1ccccc1)N1C(=O)C2CCC(C)(C1=O)C2(C)C. The summed E-state index contributed by atoms with van der Waals surface area (Å²) in [6.45, 7) is 10.1. The van der Waals surface area contributed by atoms with Crippen molar-refractivity contribution >= 4 is 23.4 Å². The van der Waals surface area contributed by atoms with Crippen LogP contribution < -0.4 is 5.32 Å². The quantitative estimate of drug-likeness (QED) is 0.623. The molecule has 1 heterocycles. The number of para-hydroxylation sites is 1. The van der Waals surface area contributed by atoms with Crippen LogP contribution in [0.25, 0.3) is 0 Å². The number of piperidine rings is 1. The van der Waals surface area contributed by atoms with Crippen LogP contribution in [0, 0.1) is 16.7 Å². The average molecular weight is 447 g/mol. The number of nitrogens with zero attached hydrogens (tertiary/aromatic N) is 1. The maximum Gasteiger partial charge on any atom is 0.248 e. The van der Waals surface area contributed by atoms with Crippen molar-refractivity contribution in [2.75, 3.05) is 5.32 Å². The summed E-state index contributed by atoms with van der Waals surface area (Å²) < 4.78 is 0. The highest BCUT2D eigenvalue weighted by Gasteiger charge is 2.65. The number of nitrogens with one attached hydrogen (secondary N) is 1. The molecule has 2 bridgehead atoms. The zero-order valence-corrected chi connectivity index (χ0v) is 20.2. The third-order valence-corrected chi connectivity index (χ3v) is 8.18. The molecular formula is C28H34N2O3. The Morgan fingerprint density at radius 1 is 1.03 bits per heavy atom. The first-order valence-electron chi connectivity index (χ1n) is 11.9. The summed E-state index contributed by atoms with van der Waals surface area (Å²) in [5.74, 6) is -0.791. The van der Waals surface area contributed by atoms with Gasteiger partial charge >= 0.3 is 0 Å². The Kier molecular flexibility index (Phi) is 5.94. The number of imide groups is 1. The molecule has 3 unspecified atom stereocenters. The average Bonchev–Trinajstić information content (AvgIpc) is 2.97. The van der Waals surface area contributed by atoms with Gasteiger partial charge in [-0.2, -0.15) is 0 Å². The minimum Gasteiger partial charge on any atom is -0.324 e. The molecule has 0 aromatic heterocycles. The monoisotopic (exact) mass is 446 g/mol. The Balaban J connectivity index is 1.73. The van der Waals surface area contributed by atoms with Crippen molar-refractivity contribution in [2.45, 2.75) is 65.8 Å². The van der Waals surface area contributed by atoms with Crippen LogP contribution in [0.4, 0.5) is 5.69 Å². The molecule has 2 aromatic rings. The van der Waals surface area contributed by atoms with Gasteiger partial charge < -0.3 is 5.32 Å². The van der Waals surface area contributed by atoms with E-state index in [0.29, 0.717) is 12.8 Å². The standard InChI is InChI=1S/C28H34N2O3/c1-18(2)20-13-9-10-14-22(20)29-24(31)23(17-19-11-7-6-8-12-19)30-25(32)21-15-16-28(5,26(30)33)27(21,3)4/h6-14,18,21,23H,15-17H2,1-5H3,(H,29,31). The lowest BCUT2D eigenvalue weighted by molar-refractivity contribution is -0.172. The third kappa shape index (κ3) is 3.77. The van der Waals surface area contributed by atoms with E-state index in [1.165, 1.54) is 4.90 Å². The highest BCUT2D eigenvalue weighted by molar-refractivity contribution is 6.09. The lowest BCUT2D eigenvalue weighted by Gasteiger charge is -2.49. The maximum atomic E-state index is 13.8. The summed E-state index contributed by atoms with van der Waals surface area (Å²) in [5.41, 5.74) is 1.58. The topological polar surface area (TPSA) is 66.5 Å². The summed E-state index contributed by atoms with van der Waals surface area (Å²) in [5, 5.41) is 3.05. The van der Waals surface area contributed by atoms with E-state index in [0.717, 1.165) is 16.8 Å². The van der Waals surface area contributed by atoms with E-state index in [2.05, 4.69) is 19.2 Å². The van der Waals surface area contributed by atoms with Crippen LogP contribution in [0.5, 0.6) is 0 Å². The van der Waals surface area contributed by atoms with E-state index in [1.807, 2.05) is 75.4 Å². The number of carbonyl (C=O) groups is 3. The van der Waals surface area contributed by atoms with E-state index < -0.39 is 16.9 Å². The van der Waals surface area contributed by atoms with Gasteiger partial charge in [0.15, 0.2) is 0 Å². The van der Waals surface area contributed by atoms with Gasteiger partial charge in [0.1, 0.15) is 6.04 Å². The molecule has 1 saturated heterocycles. The Bertz CT molecular complexity index is 1080. The molecule has 0 spiro atoms. The first-order chi connectivity index (χ1) is 15.6. The summed E-state index contributed by atoms with van der Waals surface area (Å²) in [4.78, 5) is 42.5. The summed E-state index contributed by atoms with van der Waals surface area (Å²) >= 11 is 0. The van der Waals surface area contributed by atoms with Gasteiger partial charge in [0.2, 0.25) is 17.7 Å². The summed E-state index contributed by atoms with van der Waals surface area (Å²) in [7, 11) is 0. The van der Waals surface area contributed by atoms with Gasteiger partial charge in [-0.1, -0.05) is 83.1 Å². The van der Waals surface area contributed by atoms with Gasteiger partial charge in [0.25, 0.3) is 0 Å². The van der Waals surface area contributed by atoms with E-state index in [1.54, 1.807) is 0 Å². The first kappa shape index (κ1) is 23.2. The molecule has 2 aromatic carbocycles. The minimum atomic E-state index is -0.899. The summed E-state index contributed by atoms with van der Waals surface area (Å²) in [6.07, 6.45) is 1.64. The molecular weight excluding hydrogens is 412 g/mol. The number of anilines is 1. The van der Waals surface area contributed by atoms with Crippen LogP contribution in [-0.4, -0.2) is 28.7 Å². The molecule has 1 aliphatic carbocycles. The Labute approximate surface area is 196 Å². The fourth-order valence-corrected chi connectivity index (χ4v) is 5.61. The molecule has 1 aliphatic heterocycles. The van der Waals surface area contributed by atoms with E-state index >= 15 is 0 Å². The fraction of sp³-hybridized carbons (Fsp3) is 0.464. The van der Waals surface area contributed by atoms with Crippen LogP contribution in [0.2, 0.25) is 0 Å². The molecule has 1 N–H and O–H groups in total. The molecule has 3 amide bonds. The van der Waals surface area contributed by atoms with Crippen LogP contribution >= 0.6 is 0 Å².